The van der Waals surface area contributed by atoms with Crippen molar-refractivity contribution >= 4 is 45.0 Å². The van der Waals surface area contributed by atoms with E-state index in [-0.39, 0.29) is 27.7 Å². The molecule has 0 bridgehead atoms. The van der Waals surface area contributed by atoms with Gasteiger partial charge in [0.1, 0.15) is 5.76 Å². The number of amides is 2. The van der Waals surface area contributed by atoms with E-state index in [2.05, 4.69) is 22.0 Å². The maximum Gasteiger partial charge on any atom is 0.254 e. The number of benzene rings is 2. The third kappa shape index (κ3) is 6.58. The number of carbonyl (C=O) groups is 2. The Morgan fingerprint density at radius 1 is 1.05 bits per heavy atom. The molecule has 10 nitrogen and oxygen atoms in total. The number of dihydropyridines is 1. The standard InChI is InChI=1S/C27H25N5O5S2/c1-16-5-7-18(8-6-16)31-23(33)15-38-27-21(14-28)25(22-4-3-13-37-22)24(17(2)30-27)26(34)32-19-9-11-20(12-10-19)39(29,35)36/h3-13,25,30H,15H2,1-2H3,(H,31,33)(H,32,34)(H2,29,35,36). The smallest absolute Gasteiger partial charge is 0.254 e. The maximum absolute atomic E-state index is 13.4. The molecule has 0 fully saturated rings. The summed E-state index contributed by atoms with van der Waals surface area (Å²) in [6, 6.07) is 18.3. The molecule has 3 aromatic rings. The minimum Gasteiger partial charge on any atom is -0.468 e. The zero-order valence-corrected chi connectivity index (χ0v) is 22.7. The van der Waals surface area contributed by atoms with E-state index >= 15 is 0 Å². The Morgan fingerprint density at radius 2 is 1.69 bits per heavy atom. The number of rotatable bonds is 8. The van der Waals surface area contributed by atoms with Gasteiger partial charge >= 0.3 is 0 Å². The molecule has 12 heteroatoms. The summed E-state index contributed by atoms with van der Waals surface area (Å²) >= 11 is 1.14. The summed E-state index contributed by atoms with van der Waals surface area (Å²) in [7, 11) is -3.88. The summed E-state index contributed by atoms with van der Waals surface area (Å²) < 4.78 is 28.7. The monoisotopic (exact) mass is 563 g/mol. The van der Waals surface area contributed by atoms with Gasteiger partial charge in [0.2, 0.25) is 15.9 Å². The van der Waals surface area contributed by atoms with E-state index in [0.717, 1.165) is 17.3 Å². The zero-order chi connectivity index (χ0) is 28.2. The molecule has 0 spiro atoms. The highest BCUT2D eigenvalue weighted by molar-refractivity contribution is 8.03. The van der Waals surface area contributed by atoms with E-state index in [0.29, 0.717) is 27.9 Å². The molecular weight excluding hydrogens is 538 g/mol. The summed E-state index contributed by atoms with van der Waals surface area (Å²) in [5, 5.41) is 24.4. The highest BCUT2D eigenvalue weighted by atomic mass is 32.2. The molecule has 0 saturated carbocycles. The molecule has 200 valence electrons. The van der Waals surface area contributed by atoms with Gasteiger partial charge in [-0.15, -0.1) is 0 Å². The summed E-state index contributed by atoms with van der Waals surface area (Å²) in [5.74, 6) is -1.20. The molecule has 1 aliphatic heterocycles. The van der Waals surface area contributed by atoms with E-state index in [1.54, 1.807) is 19.1 Å². The van der Waals surface area contributed by atoms with Crippen LogP contribution in [0.25, 0.3) is 0 Å². The average molecular weight is 564 g/mol. The lowest BCUT2D eigenvalue weighted by atomic mass is 9.85. The maximum atomic E-state index is 13.4. The number of furan rings is 1. The summed E-state index contributed by atoms with van der Waals surface area (Å²) in [4.78, 5) is 25.9. The van der Waals surface area contributed by atoms with Crippen LogP contribution in [0.4, 0.5) is 11.4 Å². The van der Waals surface area contributed by atoms with Crippen LogP contribution in [0.3, 0.4) is 0 Å². The molecular formula is C27H25N5O5S2. The van der Waals surface area contributed by atoms with Crippen LogP contribution in [0.5, 0.6) is 0 Å². The molecule has 2 amide bonds. The predicted octanol–water partition coefficient (Wildman–Crippen LogP) is 3.94. The van der Waals surface area contributed by atoms with Crippen molar-refractivity contribution in [3.05, 3.63) is 100 Å². The molecule has 0 radical (unpaired) electrons. The fourth-order valence-electron chi connectivity index (χ4n) is 3.97. The number of allylic oxidation sites excluding steroid dienone is 2. The van der Waals surface area contributed by atoms with Crippen molar-refractivity contribution in [2.75, 3.05) is 16.4 Å². The van der Waals surface area contributed by atoms with Crippen LogP contribution in [0.1, 0.15) is 24.2 Å². The van der Waals surface area contributed by atoms with Crippen molar-refractivity contribution in [1.29, 1.82) is 5.26 Å². The van der Waals surface area contributed by atoms with E-state index in [1.807, 2.05) is 31.2 Å². The Morgan fingerprint density at radius 3 is 2.28 bits per heavy atom. The van der Waals surface area contributed by atoms with Gasteiger partial charge in [-0.1, -0.05) is 29.5 Å². The Balaban J connectivity index is 1.57. The number of nitriles is 1. The first-order valence-corrected chi connectivity index (χ1v) is 14.2. The van der Waals surface area contributed by atoms with Gasteiger partial charge in [-0.05, 0) is 62.4 Å². The molecule has 1 aliphatic rings. The quantitative estimate of drug-likeness (QED) is 0.320. The third-order valence-corrected chi connectivity index (χ3v) is 7.79. The fraction of sp³-hybridized carbons (Fsp3) is 0.148. The molecule has 2 aromatic carbocycles. The lowest BCUT2D eigenvalue weighted by Crippen LogP contribution is -2.31. The molecule has 39 heavy (non-hydrogen) atoms. The van der Waals surface area contributed by atoms with Gasteiger partial charge in [0.25, 0.3) is 5.91 Å². The highest BCUT2D eigenvalue weighted by Crippen LogP contribution is 2.41. The van der Waals surface area contributed by atoms with Crippen LogP contribution in [0, 0.1) is 18.3 Å². The van der Waals surface area contributed by atoms with Crippen LogP contribution in [-0.4, -0.2) is 26.0 Å². The van der Waals surface area contributed by atoms with Crippen LogP contribution < -0.4 is 21.1 Å². The summed E-state index contributed by atoms with van der Waals surface area (Å²) in [6.45, 7) is 3.64. The first kappa shape index (κ1) is 27.7. The largest absolute Gasteiger partial charge is 0.468 e. The number of hydrogen-bond acceptors (Lipinski definition) is 8. The second kappa shape index (κ2) is 11.6. The number of sulfonamides is 1. The van der Waals surface area contributed by atoms with Gasteiger partial charge in [-0.2, -0.15) is 5.26 Å². The van der Waals surface area contributed by atoms with Gasteiger partial charge in [0, 0.05) is 17.1 Å². The van der Waals surface area contributed by atoms with Gasteiger partial charge in [0.15, 0.2) is 0 Å². The van der Waals surface area contributed by atoms with Gasteiger partial charge in [0.05, 0.1) is 45.1 Å². The highest BCUT2D eigenvalue weighted by Gasteiger charge is 2.36. The van der Waals surface area contributed by atoms with Crippen molar-refractivity contribution in [3.8, 4) is 6.07 Å². The molecule has 2 heterocycles. The Labute approximate surface area is 230 Å². The zero-order valence-electron chi connectivity index (χ0n) is 21.0. The number of thioether (sulfide) groups is 1. The van der Waals surface area contributed by atoms with Crippen molar-refractivity contribution < 1.29 is 22.4 Å². The molecule has 1 aromatic heterocycles. The first-order valence-electron chi connectivity index (χ1n) is 11.7. The topological polar surface area (TPSA) is 167 Å². The molecule has 4 rings (SSSR count). The van der Waals surface area contributed by atoms with E-state index < -0.39 is 21.8 Å². The SMILES string of the molecule is CC1=C(C(=O)Nc2ccc(S(N)(=O)=O)cc2)C(c2ccco2)C(C#N)=C(SCC(=O)Nc2ccc(C)cc2)N1. The van der Waals surface area contributed by atoms with E-state index in [1.165, 1.54) is 30.5 Å². The predicted molar refractivity (Wildman–Crippen MR) is 149 cm³/mol. The Kier molecular flexibility index (Phi) is 8.25. The number of aryl methyl sites for hydroxylation is 1. The van der Waals surface area contributed by atoms with Crippen molar-refractivity contribution in [3.63, 3.8) is 0 Å². The fourth-order valence-corrected chi connectivity index (χ4v) is 5.37. The van der Waals surface area contributed by atoms with Gasteiger partial charge in [-0.25, -0.2) is 13.6 Å². The molecule has 0 aliphatic carbocycles. The van der Waals surface area contributed by atoms with Gasteiger partial charge < -0.3 is 20.4 Å². The second-order valence-corrected chi connectivity index (χ2v) is 11.2. The number of nitrogens with zero attached hydrogens (tertiary/aromatic N) is 1. The minimum absolute atomic E-state index is 0.0253. The van der Waals surface area contributed by atoms with Crippen molar-refractivity contribution in [1.82, 2.24) is 5.32 Å². The second-order valence-electron chi connectivity index (χ2n) is 8.69. The summed E-state index contributed by atoms with van der Waals surface area (Å²) in [5.41, 5.74) is 3.00. The molecule has 0 saturated heterocycles. The lowest BCUT2D eigenvalue weighted by Gasteiger charge is -2.28. The van der Waals surface area contributed by atoms with Crippen LogP contribution in [0.2, 0.25) is 0 Å². The number of primary sulfonamides is 1. The van der Waals surface area contributed by atoms with Gasteiger partial charge in [-0.3, -0.25) is 9.59 Å². The molecule has 5 N–H and O–H groups in total. The third-order valence-electron chi connectivity index (χ3n) is 5.84. The minimum atomic E-state index is -3.88. The number of nitrogens with one attached hydrogen (secondary N) is 3. The Bertz CT molecular complexity index is 1600. The van der Waals surface area contributed by atoms with Crippen LogP contribution in [0.15, 0.2) is 98.1 Å². The summed E-state index contributed by atoms with van der Waals surface area (Å²) in [6.07, 6.45) is 1.45. The first-order chi connectivity index (χ1) is 18.6. The number of hydrogen-bond donors (Lipinski definition) is 4. The molecule has 1 unspecified atom stereocenters. The normalized spacial score (nSPS) is 15.4. The van der Waals surface area contributed by atoms with Crippen LogP contribution >= 0.6 is 11.8 Å². The van der Waals surface area contributed by atoms with E-state index in [9.17, 15) is 23.3 Å². The van der Waals surface area contributed by atoms with Crippen molar-refractivity contribution in [2.24, 2.45) is 5.14 Å². The number of carbonyl (C=O) groups excluding carboxylic acids is 2. The Hall–Kier alpha value is -4.31. The molecule has 1 atom stereocenters. The van der Waals surface area contributed by atoms with Crippen molar-refractivity contribution in [2.45, 2.75) is 24.7 Å². The lowest BCUT2D eigenvalue weighted by molar-refractivity contribution is -0.114. The van der Waals surface area contributed by atoms with E-state index in [4.69, 9.17) is 9.56 Å². The average Bonchev–Trinajstić information content (AvgIpc) is 3.43. The van der Waals surface area contributed by atoms with Crippen LogP contribution in [-0.2, 0) is 19.6 Å². The number of anilines is 2. The number of nitrogens with two attached hydrogens (primary N) is 1.